The lowest BCUT2D eigenvalue weighted by molar-refractivity contribution is 0.795. The molecule has 0 amide bonds. The van der Waals surface area contributed by atoms with Gasteiger partial charge in [0.1, 0.15) is 0 Å². The number of benzene rings is 8. The Labute approximate surface area is 364 Å². The molecule has 0 bridgehead atoms. The summed E-state index contributed by atoms with van der Waals surface area (Å²) in [7, 11) is 0. The van der Waals surface area contributed by atoms with Crippen molar-refractivity contribution < 1.29 is 0 Å². The van der Waals surface area contributed by atoms with Gasteiger partial charge >= 0.3 is 0 Å². The highest BCUT2D eigenvalue weighted by atomic mass is 127. The normalized spacial score (nSPS) is 11.0. The van der Waals surface area contributed by atoms with E-state index in [-0.39, 0.29) is 0 Å². The van der Waals surface area contributed by atoms with Crippen LogP contribution >= 0.6 is 22.6 Å². The molecule has 0 unspecified atom stereocenters. The molecule has 0 radical (unpaired) electrons. The molecule has 0 aliphatic carbocycles. The molecule has 0 aliphatic heterocycles. The number of halogens is 1. The van der Waals surface area contributed by atoms with Gasteiger partial charge in [0.15, 0.2) is 0 Å². The van der Waals surface area contributed by atoms with Gasteiger partial charge in [-0.05, 0) is 176 Å². The molecule has 8 rings (SSSR count). The maximum absolute atomic E-state index is 2.42. The number of hydrogen-bond donors (Lipinski definition) is 0. The van der Waals surface area contributed by atoms with E-state index in [1.165, 1.54) is 44.2 Å². The average molecular weight is 880 g/mol. The van der Waals surface area contributed by atoms with Gasteiger partial charge in [0.25, 0.3) is 0 Å². The molecule has 292 valence electrons. The fourth-order valence-electron chi connectivity index (χ4n) is 7.75. The Morgan fingerprint density at radius 3 is 1.27 bits per heavy atom. The first-order valence-electron chi connectivity index (χ1n) is 20.6. The van der Waals surface area contributed by atoms with E-state index in [0.29, 0.717) is 0 Å². The van der Waals surface area contributed by atoms with E-state index in [9.17, 15) is 0 Å². The van der Waals surface area contributed by atoms with Crippen molar-refractivity contribution in [3.8, 4) is 11.1 Å². The Bertz CT molecular complexity index is 2540. The highest BCUT2D eigenvalue weighted by molar-refractivity contribution is 14.1. The summed E-state index contributed by atoms with van der Waals surface area (Å²) in [4.78, 5) is 7.25. The van der Waals surface area contributed by atoms with Crippen molar-refractivity contribution in [2.45, 2.75) is 47.0 Å². The number of aryl methyl sites for hydroxylation is 3. The van der Waals surface area contributed by atoms with Crippen LogP contribution in [0.5, 0.6) is 0 Å². The van der Waals surface area contributed by atoms with Gasteiger partial charge in [-0.3, -0.25) is 0 Å². The van der Waals surface area contributed by atoms with E-state index in [0.717, 1.165) is 63.2 Å². The molecule has 0 saturated heterocycles. The van der Waals surface area contributed by atoms with Gasteiger partial charge in [0, 0.05) is 37.7 Å². The third kappa shape index (κ3) is 8.99. The zero-order chi connectivity index (χ0) is 40.7. The molecule has 8 aromatic carbocycles. The topological polar surface area (TPSA) is 9.72 Å². The van der Waals surface area contributed by atoms with E-state index in [4.69, 9.17) is 0 Å². The lowest BCUT2D eigenvalue weighted by atomic mass is 10.0. The fraction of sp³-hybridized carbons (Fsp3) is 0.127. The second-order valence-electron chi connectivity index (χ2n) is 15.3. The second-order valence-corrected chi connectivity index (χ2v) is 16.5. The minimum absolute atomic E-state index is 1.06. The van der Waals surface area contributed by atoms with Gasteiger partial charge < -0.3 is 14.7 Å². The van der Waals surface area contributed by atoms with E-state index < -0.39 is 0 Å². The zero-order valence-corrected chi connectivity index (χ0v) is 36.5. The van der Waals surface area contributed by atoms with Gasteiger partial charge in [-0.25, -0.2) is 0 Å². The Morgan fingerprint density at radius 1 is 0.390 bits per heavy atom. The smallest absolute Gasteiger partial charge is 0.0532 e. The predicted octanol–water partition coefficient (Wildman–Crippen LogP) is 16.6. The fourth-order valence-corrected chi connectivity index (χ4v) is 8.11. The highest BCUT2D eigenvalue weighted by Crippen LogP contribution is 2.48. The minimum atomic E-state index is 1.06. The van der Waals surface area contributed by atoms with Gasteiger partial charge in [0.2, 0.25) is 0 Å². The molecule has 0 fully saturated rings. The van der Waals surface area contributed by atoms with Crippen LogP contribution in [0.1, 0.15) is 42.0 Å². The maximum Gasteiger partial charge on any atom is 0.0532 e. The molecule has 59 heavy (non-hydrogen) atoms. The quantitative estimate of drug-likeness (QED) is 0.107. The third-order valence-corrected chi connectivity index (χ3v) is 11.7. The molecule has 4 heteroatoms. The van der Waals surface area contributed by atoms with Crippen LogP contribution in [0.3, 0.4) is 0 Å². The summed E-state index contributed by atoms with van der Waals surface area (Å²) in [6, 6.07) is 71.0. The molecule has 8 aromatic rings. The molecule has 3 nitrogen and oxygen atoms in total. The molecule has 0 atom stereocenters. The molecular weight excluding hydrogens is 830 g/mol. The summed E-state index contributed by atoms with van der Waals surface area (Å²) in [5.41, 5.74) is 17.2. The van der Waals surface area contributed by atoms with Crippen molar-refractivity contribution in [2.24, 2.45) is 0 Å². The summed E-state index contributed by atoms with van der Waals surface area (Å²) in [5, 5.41) is 0. The van der Waals surface area contributed by atoms with Gasteiger partial charge in [-0.2, -0.15) is 0 Å². The lowest BCUT2D eigenvalue weighted by Gasteiger charge is -2.35. The summed E-state index contributed by atoms with van der Waals surface area (Å²) < 4.78 is 1.20. The Balaban J connectivity index is 1.41. The number of nitrogens with zero attached hydrogens (tertiary/aromatic N) is 3. The van der Waals surface area contributed by atoms with Crippen LogP contribution < -0.4 is 14.7 Å². The van der Waals surface area contributed by atoms with Crippen LogP contribution in [0.15, 0.2) is 194 Å². The summed E-state index contributed by atoms with van der Waals surface area (Å²) in [5.74, 6) is 0. The molecule has 0 aliphatic rings. The van der Waals surface area contributed by atoms with E-state index in [1.807, 2.05) is 0 Å². The van der Waals surface area contributed by atoms with Crippen molar-refractivity contribution in [1.82, 2.24) is 0 Å². The Morgan fingerprint density at radius 2 is 0.780 bits per heavy atom. The Hall–Kier alpha value is -6.11. The number of para-hydroxylation sites is 1. The lowest BCUT2D eigenvalue weighted by Crippen LogP contribution is -2.18. The van der Waals surface area contributed by atoms with Gasteiger partial charge in [0.05, 0.1) is 17.1 Å². The van der Waals surface area contributed by atoms with Crippen molar-refractivity contribution in [1.29, 1.82) is 0 Å². The van der Waals surface area contributed by atoms with E-state index in [1.54, 1.807) is 0 Å². The monoisotopic (exact) mass is 879 g/mol. The van der Waals surface area contributed by atoms with E-state index in [2.05, 4.69) is 259 Å². The summed E-state index contributed by atoms with van der Waals surface area (Å²) in [6.45, 7) is 8.83. The largest absolute Gasteiger partial charge is 0.310 e. The maximum atomic E-state index is 2.42. The van der Waals surface area contributed by atoms with Crippen molar-refractivity contribution in [3.05, 3.63) is 220 Å². The molecule has 0 N–H and O–H groups in total. The number of anilines is 9. The number of unbranched alkanes of at least 4 members (excludes halogenated alkanes) is 1. The molecule has 0 heterocycles. The molecular formula is C55H50IN3. The van der Waals surface area contributed by atoms with Crippen LogP contribution in [0.4, 0.5) is 51.2 Å². The van der Waals surface area contributed by atoms with E-state index >= 15 is 0 Å². The van der Waals surface area contributed by atoms with Crippen LogP contribution in [-0.2, 0) is 6.42 Å². The average Bonchev–Trinajstić information content (AvgIpc) is 3.28. The van der Waals surface area contributed by atoms with Crippen LogP contribution in [0.25, 0.3) is 11.1 Å². The van der Waals surface area contributed by atoms with Crippen LogP contribution in [0.2, 0.25) is 0 Å². The van der Waals surface area contributed by atoms with Crippen LogP contribution in [0, 0.1) is 24.3 Å². The second kappa shape index (κ2) is 18.2. The number of hydrogen-bond acceptors (Lipinski definition) is 3. The molecule has 0 saturated carbocycles. The molecule has 0 aromatic heterocycles. The van der Waals surface area contributed by atoms with Crippen LogP contribution in [-0.4, -0.2) is 0 Å². The first-order valence-corrected chi connectivity index (χ1v) is 21.7. The standard InChI is InChI=1S/C55H50IN3/c1-5-6-13-43-22-32-48(33-23-43)57(49-36-26-46(56)27-37-49)53-38-54(42(4)55(39-53)59(50-28-18-40(2)19-29-50)51-30-20-41(3)21-31-51)58(47-16-11-8-12-17-47)52-34-24-45(25-35-52)44-14-9-7-10-15-44/h7-12,14-39H,5-6,13H2,1-4H3. The number of rotatable bonds is 13. The first-order chi connectivity index (χ1) is 28.9. The van der Waals surface area contributed by atoms with Gasteiger partial charge in [-0.15, -0.1) is 0 Å². The zero-order valence-electron chi connectivity index (χ0n) is 34.3. The Kier molecular flexibility index (Phi) is 12.3. The third-order valence-electron chi connectivity index (χ3n) is 11.0. The SMILES string of the molecule is CCCCc1ccc(N(c2ccc(I)cc2)c2cc(N(c3ccc(C)cc3)c3ccc(C)cc3)c(C)c(N(c3ccccc3)c3ccc(-c4ccccc4)cc3)c2)cc1. The molecule has 0 spiro atoms. The summed E-state index contributed by atoms with van der Waals surface area (Å²) in [6.07, 6.45) is 3.44. The van der Waals surface area contributed by atoms with Crippen molar-refractivity contribution >= 4 is 73.8 Å². The predicted molar refractivity (Wildman–Crippen MR) is 261 cm³/mol. The van der Waals surface area contributed by atoms with Gasteiger partial charge in [-0.1, -0.05) is 122 Å². The summed E-state index contributed by atoms with van der Waals surface area (Å²) >= 11 is 2.40. The first kappa shape index (κ1) is 39.7. The van der Waals surface area contributed by atoms with Crippen molar-refractivity contribution in [2.75, 3.05) is 14.7 Å². The van der Waals surface area contributed by atoms with Crippen molar-refractivity contribution in [3.63, 3.8) is 0 Å². The highest BCUT2D eigenvalue weighted by Gasteiger charge is 2.25. The minimum Gasteiger partial charge on any atom is -0.310 e.